The summed E-state index contributed by atoms with van der Waals surface area (Å²) in [4.78, 5) is 21.7. The van der Waals surface area contributed by atoms with Gasteiger partial charge in [0.15, 0.2) is 17.3 Å². The lowest BCUT2D eigenvalue weighted by Crippen LogP contribution is -2.24. The number of hydrogen-bond acceptors (Lipinski definition) is 10. The summed E-state index contributed by atoms with van der Waals surface area (Å²) in [6.07, 6.45) is 1.16. The van der Waals surface area contributed by atoms with Gasteiger partial charge in [-0.15, -0.1) is 0 Å². The molecule has 1 aliphatic rings. The van der Waals surface area contributed by atoms with Gasteiger partial charge >= 0.3 is 5.97 Å². The molecule has 208 valence electrons. The van der Waals surface area contributed by atoms with Gasteiger partial charge in [0, 0.05) is 36.7 Å². The number of aliphatic imine (C=N–C) groups is 1. The second kappa shape index (κ2) is 12.5. The van der Waals surface area contributed by atoms with Gasteiger partial charge in [-0.1, -0.05) is 0 Å². The zero-order valence-corrected chi connectivity index (χ0v) is 22.3. The van der Waals surface area contributed by atoms with Crippen molar-refractivity contribution in [2.24, 2.45) is 4.99 Å². The lowest BCUT2D eigenvalue weighted by molar-refractivity contribution is -0.140. The largest absolute Gasteiger partial charge is 0.504 e. The van der Waals surface area contributed by atoms with Crippen LogP contribution in [-0.4, -0.2) is 64.0 Å². The molecule has 1 N–H and O–H groups in total. The van der Waals surface area contributed by atoms with Crippen LogP contribution in [0.2, 0.25) is 0 Å². The molecule has 2 aromatic carbocycles. The molecule has 13 heteroatoms. The molecule has 0 spiro atoms. The maximum Gasteiger partial charge on any atom is 0.305 e. The first-order chi connectivity index (χ1) is 19.2. The van der Waals surface area contributed by atoms with E-state index in [0.29, 0.717) is 42.0 Å². The van der Waals surface area contributed by atoms with Crippen molar-refractivity contribution in [1.82, 2.24) is 9.88 Å². The van der Waals surface area contributed by atoms with Crippen LogP contribution in [0.3, 0.4) is 0 Å². The van der Waals surface area contributed by atoms with Crippen LogP contribution >= 0.6 is 0 Å². The number of carbonyl (C=O) groups excluding carboxylic acids is 1. The van der Waals surface area contributed by atoms with Crippen LogP contribution in [0.4, 0.5) is 8.78 Å². The average molecular weight is 571 g/mol. The molecule has 0 aliphatic carbocycles. The molecule has 0 saturated carbocycles. The molecule has 10 nitrogen and oxygen atoms in total. The Labute approximate surface area is 230 Å². The molecule has 1 aliphatic heterocycles. The summed E-state index contributed by atoms with van der Waals surface area (Å²) < 4.78 is 58.8. The smallest absolute Gasteiger partial charge is 0.305 e. The first kappa shape index (κ1) is 28.4. The SMILES string of the molecule is COC(=O)CCCS(=O)c1ccc(Oc2c(F)cnc(Oc3cc(C#N)ccc3O)c2F)c(C2=NCCN2C)c1. The van der Waals surface area contributed by atoms with Gasteiger partial charge in [0.05, 0.1) is 47.8 Å². The zero-order valence-electron chi connectivity index (χ0n) is 21.5. The number of pyridine rings is 1. The predicted octanol–water partition coefficient (Wildman–Crippen LogP) is 4.27. The Kier molecular flexibility index (Phi) is 8.90. The molecule has 1 atom stereocenters. The summed E-state index contributed by atoms with van der Waals surface area (Å²) in [6.45, 7) is 1.08. The molecule has 2 heterocycles. The maximum atomic E-state index is 15.4. The second-order valence-electron chi connectivity index (χ2n) is 8.57. The average Bonchev–Trinajstić information content (AvgIpc) is 3.38. The quantitative estimate of drug-likeness (QED) is 0.355. The van der Waals surface area contributed by atoms with Crippen molar-refractivity contribution in [2.75, 3.05) is 33.0 Å². The molecule has 3 aromatic rings. The van der Waals surface area contributed by atoms with Crippen molar-refractivity contribution < 1.29 is 37.1 Å². The number of rotatable bonds is 10. The second-order valence-corrected chi connectivity index (χ2v) is 10.1. The molecule has 0 bridgehead atoms. The summed E-state index contributed by atoms with van der Waals surface area (Å²) >= 11 is 0. The van der Waals surface area contributed by atoms with Crippen molar-refractivity contribution >= 4 is 22.6 Å². The Morgan fingerprint density at radius 2 is 2.00 bits per heavy atom. The fourth-order valence-electron chi connectivity index (χ4n) is 3.78. The van der Waals surface area contributed by atoms with E-state index < -0.39 is 40.0 Å². The number of nitriles is 1. The van der Waals surface area contributed by atoms with Gasteiger partial charge in [-0.3, -0.25) is 14.0 Å². The van der Waals surface area contributed by atoms with Gasteiger partial charge in [0.25, 0.3) is 5.88 Å². The third-order valence-corrected chi connectivity index (χ3v) is 7.30. The molecule has 0 amide bonds. The van der Waals surface area contributed by atoms with Crippen molar-refractivity contribution in [3.05, 3.63) is 65.4 Å². The lowest BCUT2D eigenvalue weighted by atomic mass is 10.1. The molecule has 0 radical (unpaired) electrons. The normalized spacial score (nSPS) is 13.4. The van der Waals surface area contributed by atoms with Gasteiger partial charge in [-0.25, -0.2) is 9.37 Å². The van der Waals surface area contributed by atoms with Gasteiger partial charge in [-0.05, 0) is 36.8 Å². The highest BCUT2D eigenvalue weighted by molar-refractivity contribution is 7.85. The summed E-state index contributed by atoms with van der Waals surface area (Å²) in [6, 6.07) is 10.1. The molecule has 1 aromatic heterocycles. The van der Waals surface area contributed by atoms with E-state index in [0.717, 1.165) is 0 Å². The summed E-state index contributed by atoms with van der Waals surface area (Å²) in [5.41, 5.74) is 0.497. The number of phenols is 1. The first-order valence-corrected chi connectivity index (χ1v) is 13.3. The van der Waals surface area contributed by atoms with Crippen LogP contribution in [0, 0.1) is 23.0 Å². The van der Waals surface area contributed by atoms with Crippen molar-refractivity contribution in [1.29, 1.82) is 5.26 Å². The topological polar surface area (TPSA) is 134 Å². The van der Waals surface area contributed by atoms with E-state index in [1.807, 2.05) is 11.0 Å². The fourth-order valence-corrected chi connectivity index (χ4v) is 4.89. The molecule has 1 unspecified atom stereocenters. The highest BCUT2D eigenvalue weighted by atomic mass is 32.2. The highest BCUT2D eigenvalue weighted by Gasteiger charge is 2.25. The van der Waals surface area contributed by atoms with E-state index in [2.05, 4.69) is 14.7 Å². The monoisotopic (exact) mass is 570 g/mol. The van der Waals surface area contributed by atoms with E-state index in [1.54, 1.807) is 13.1 Å². The first-order valence-electron chi connectivity index (χ1n) is 12.0. The Bertz CT molecular complexity index is 1540. The highest BCUT2D eigenvalue weighted by Crippen LogP contribution is 2.38. The number of likely N-dealkylation sites (N-methyl/N-ethyl adjacent to an activating group) is 1. The number of benzene rings is 2. The Morgan fingerprint density at radius 3 is 2.70 bits per heavy atom. The molecular formula is C27H24F2N4O6S. The number of amidine groups is 1. The number of aromatic hydroxyl groups is 1. The van der Waals surface area contributed by atoms with E-state index in [4.69, 9.17) is 14.7 Å². The van der Waals surface area contributed by atoms with Crippen molar-refractivity contribution in [2.45, 2.75) is 17.7 Å². The number of ether oxygens (including phenoxy) is 3. The summed E-state index contributed by atoms with van der Waals surface area (Å²) in [7, 11) is 1.59. The minimum Gasteiger partial charge on any atom is -0.504 e. The predicted molar refractivity (Wildman–Crippen MR) is 140 cm³/mol. The zero-order chi connectivity index (χ0) is 28.8. The van der Waals surface area contributed by atoms with Crippen LogP contribution in [0.15, 0.2) is 52.5 Å². The molecule has 0 fully saturated rings. The van der Waals surface area contributed by atoms with Gasteiger partial charge < -0.3 is 24.2 Å². The van der Waals surface area contributed by atoms with Crippen molar-refractivity contribution in [3.63, 3.8) is 0 Å². The van der Waals surface area contributed by atoms with Gasteiger partial charge in [0.1, 0.15) is 11.6 Å². The number of nitrogens with zero attached hydrogens (tertiary/aromatic N) is 4. The van der Waals surface area contributed by atoms with Crippen LogP contribution in [0.5, 0.6) is 28.9 Å². The van der Waals surface area contributed by atoms with Gasteiger partial charge in [-0.2, -0.15) is 9.65 Å². The van der Waals surface area contributed by atoms with E-state index in [9.17, 15) is 18.5 Å². The number of aromatic nitrogens is 1. The third kappa shape index (κ3) is 6.35. The van der Waals surface area contributed by atoms with E-state index in [1.165, 1.54) is 37.4 Å². The maximum absolute atomic E-state index is 15.4. The van der Waals surface area contributed by atoms with Crippen molar-refractivity contribution in [3.8, 4) is 34.9 Å². The fraction of sp³-hybridized carbons (Fsp3) is 0.259. The third-order valence-electron chi connectivity index (χ3n) is 5.86. The molecule has 4 rings (SSSR count). The number of methoxy groups -OCH3 is 1. The van der Waals surface area contributed by atoms with Crippen LogP contribution in [0.1, 0.15) is 24.0 Å². The summed E-state index contributed by atoms with van der Waals surface area (Å²) in [5, 5.41) is 19.1. The standard InChI is InChI=1S/C27H24F2N4O6S/c1-33-10-9-31-26(33)18-13-17(40(36)11-3-4-23(35)37-2)6-8-21(18)38-25-19(28)15-32-27(24(25)29)39-22-12-16(14-30)5-7-20(22)34/h5-8,12-13,15,34H,3-4,9-11H2,1-2H3. The lowest BCUT2D eigenvalue weighted by Gasteiger charge is -2.19. The van der Waals surface area contributed by atoms with Gasteiger partial charge in [0.2, 0.25) is 11.6 Å². The number of phenolic OH excluding ortho intramolecular Hbond substituents is 1. The molecule has 0 saturated heterocycles. The summed E-state index contributed by atoms with van der Waals surface area (Å²) in [5.74, 6) is -4.26. The van der Waals surface area contributed by atoms with Crippen LogP contribution in [-0.2, 0) is 20.3 Å². The Balaban J connectivity index is 1.66. The number of carbonyl (C=O) groups is 1. The number of hydrogen-bond donors (Lipinski definition) is 1. The number of halogens is 2. The Morgan fingerprint density at radius 1 is 1.20 bits per heavy atom. The van der Waals surface area contributed by atoms with E-state index in [-0.39, 0.29) is 35.0 Å². The van der Waals surface area contributed by atoms with Crippen LogP contribution < -0.4 is 9.47 Å². The minimum atomic E-state index is -1.48. The number of esters is 1. The Hall–Kier alpha value is -4.57. The van der Waals surface area contributed by atoms with E-state index >= 15 is 4.39 Å². The molecule has 40 heavy (non-hydrogen) atoms. The molecular weight excluding hydrogens is 546 g/mol. The van der Waals surface area contributed by atoms with Crippen LogP contribution in [0.25, 0.3) is 0 Å². The minimum absolute atomic E-state index is 0.0343.